The van der Waals surface area contributed by atoms with E-state index in [1.807, 2.05) is 0 Å². The Hall–Kier alpha value is -2.61. The summed E-state index contributed by atoms with van der Waals surface area (Å²) in [6.07, 6.45) is 1.08. The fourth-order valence-corrected chi connectivity index (χ4v) is 3.11. The molecule has 1 heterocycles. The Morgan fingerprint density at radius 3 is 2.09 bits per heavy atom. The van der Waals surface area contributed by atoms with Gasteiger partial charge in [-0.15, -0.1) is 9.19 Å². The van der Waals surface area contributed by atoms with Gasteiger partial charge >= 0.3 is 0 Å². The normalized spacial score (nSPS) is 11.6. The second-order valence-electron chi connectivity index (χ2n) is 4.83. The minimum absolute atomic E-state index is 0.174. The molecule has 0 saturated heterocycles. The van der Waals surface area contributed by atoms with Crippen LogP contribution in [0.3, 0.4) is 0 Å². The first-order chi connectivity index (χ1) is 10.9. The number of benzene rings is 2. The van der Waals surface area contributed by atoms with Crippen molar-refractivity contribution in [3.8, 4) is 11.4 Å². The van der Waals surface area contributed by atoms with Gasteiger partial charge in [-0.25, -0.2) is 22.2 Å². The van der Waals surface area contributed by atoms with Crippen LogP contribution in [0.2, 0.25) is 0 Å². The minimum Gasteiger partial charge on any atom is -0.214 e. The topological polar surface area (TPSA) is 64.8 Å². The first-order valence-electron chi connectivity index (χ1n) is 6.59. The molecule has 0 atom stereocenters. The van der Waals surface area contributed by atoms with Crippen LogP contribution in [0.25, 0.3) is 11.4 Å². The van der Waals surface area contributed by atoms with Gasteiger partial charge in [0, 0.05) is 5.56 Å². The number of rotatable bonds is 4. The minimum atomic E-state index is -3.77. The Kier molecular flexibility index (Phi) is 3.91. The third kappa shape index (κ3) is 3.42. The van der Waals surface area contributed by atoms with Crippen molar-refractivity contribution in [2.75, 3.05) is 0 Å². The summed E-state index contributed by atoms with van der Waals surface area (Å²) in [6, 6.07) is 10.6. The third-order valence-corrected chi connectivity index (χ3v) is 4.57. The highest BCUT2D eigenvalue weighted by atomic mass is 32.2. The van der Waals surface area contributed by atoms with E-state index in [4.69, 9.17) is 0 Å². The maximum atomic E-state index is 12.9. The van der Waals surface area contributed by atoms with Crippen LogP contribution in [-0.4, -0.2) is 22.6 Å². The van der Waals surface area contributed by atoms with Gasteiger partial charge in [-0.3, -0.25) is 0 Å². The molecule has 0 spiro atoms. The zero-order chi connectivity index (χ0) is 16.4. The van der Waals surface area contributed by atoms with Crippen molar-refractivity contribution < 1.29 is 17.2 Å². The SMILES string of the molecule is O=S(=O)(Cc1ccc(F)cc1)n1cnc(-c2ccc(F)cc2)n1. The van der Waals surface area contributed by atoms with Crippen molar-refractivity contribution >= 4 is 10.0 Å². The van der Waals surface area contributed by atoms with E-state index in [1.54, 1.807) is 0 Å². The molecule has 0 saturated carbocycles. The Labute approximate surface area is 131 Å². The molecule has 5 nitrogen and oxygen atoms in total. The maximum Gasteiger partial charge on any atom is 0.259 e. The fourth-order valence-electron chi connectivity index (χ4n) is 1.97. The van der Waals surface area contributed by atoms with Gasteiger partial charge in [0.2, 0.25) is 0 Å². The molecule has 118 valence electrons. The standard InChI is InChI=1S/C15H11F2N3O2S/c16-13-5-1-11(2-6-13)9-23(21,22)20-10-18-15(19-20)12-3-7-14(17)8-4-12/h1-8,10H,9H2. The third-order valence-electron chi connectivity index (χ3n) is 3.12. The average Bonchev–Trinajstić information content (AvgIpc) is 3.01. The highest BCUT2D eigenvalue weighted by Crippen LogP contribution is 2.16. The van der Waals surface area contributed by atoms with Crippen LogP contribution in [-0.2, 0) is 15.8 Å². The molecule has 3 aromatic rings. The molecule has 0 aliphatic heterocycles. The molecule has 0 N–H and O–H groups in total. The number of aromatic nitrogens is 3. The summed E-state index contributed by atoms with van der Waals surface area (Å²) in [7, 11) is -3.77. The molecule has 23 heavy (non-hydrogen) atoms. The Bertz CT molecular complexity index is 920. The number of hydrogen-bond acceptors (Lipinski definition) is 4. The van der Waals surface area contributed by atoms with Gasteiger partial charge in [0.25, 0.3) is 10.0 Å². The van der Waals surface area contributed by atoms with Crippen LogP contribution >= 0.6 is 0 Å². The van der Waals surface area contributed by atoms with Gasteiger partial charge in [0.1, 0.15) is 18.0 Å². The van der Waals surface area contributed by atoms with Crippen molar-refractivity contribution in [1.82, 2.24) is 14.2 Å². The van der Waals surface area contributed by atoms with Crippen LogP contribution in [0, 0.1) is 11.6 Å². The maximum absolute atomic E-state index is 12.9. The van der Waals surface area contributed by atoms with E-state index >= 15 is 0 Å². The van der Waals surface area contributed by atoms with Gasteiger partial charge in [0.15, 0.2) is 5.82 Å². The van der Waals surface area contributed by atoms with E-state index in [-0.39, 0.29) is 11.6 Å². The van der Waals surface area contributed by atoms with Gasteiger partial charge in [0.05, 0.1) is 5.75 Å². The molecule has 1 aromatic heterocycles. The van der Waals surface area contributed by atoms with E-state index in [0.29, 0.717) is 11.1 Å². The second-order valence-corrected chi connectivity index (χ2v) is 6.66. The summed E-state index contributed by atoms with van der Waals surface area (Å²) < 4.78 is 51.1. The summed E-state index contributed by atoms with van der Waals surface area (Å²) in [4.78, 5) is 3.93. The monoisotopic (exact) mass is 335 g/mol. The first-order valence-corrected chi connectivity index (χ1v) is 8.20. The van der Waals surface area contributed by atoms with E-state index in [2.05, 4.69) is 10.1 Å². The molecule has 2 aromatic carbocycles. The van der Waals surface area contributed by atoms with Crippen molar-refractivity contribution in [3.05, 3.63) is 72.1 Å². The number of nitrogens with zero attached hydrogens (tertiary/aromatic N) is 3. The average molecular weight is 335 g/mol. The van der Waals surface area contributed by atoms with E-state index in [9.17, 15) is 17.2 Å². The number of hydrogen-bond donors (Lipinski definition) is 0. The molecule has 0 fully saturated rings. The first kappa shape index (κ1) is 15.3. The van der Waals surface area contributed by atoms with Gasteiger partial charge in [-0.1, -0.05) is 12.1 Å². The second kappa shape index (κ2) is 5.88. The van der Waals surface area contributed by atoms with Gasteiger partial charge in [-0.05, 0) is 42.0 Å². The lowest BCUT2D eigenvalue weighted by Crippen LogP contribution is -2.15. The molecule has 3 rings (SSSR count). The highest BCUT2D eigenvalue weighted by molar-refractivity contribution is 7.89. The molecule has 0 radical (unpaired) electrons. The van der Waals surface area contributed by atoms with Crippen molar-refractivity contribution in [2.24, 2.45) is 0 Å². The largest absolute Gasteiger partial charge is 0.259 e. The molecule has 0 unspecified atom stereocenters. The van der Waals surface area contributed by atoms with Crippen molar-refractivity contribution in [1.29, 1.82) is 0 Å². The summed E-state index contributed by atoms with van der Waals surface area (Å²) in [5.41, 5.74) is 0.937. The summed E-state index contributed by atoms with van der Waals surface area (Å²) >= 11 is 0. The summed E-state index contributed by atoms with van der Waals surface area (Å²) in [5, 5.41) is 3.92. The summed E-state index contributed by atoms with van der Waals surface area (Å²) in [5.74, 6) is -1.00. The van der Waals surface area contributed by atoms with Crippen LogP contribution in [0.15, 0.2) is 54.9 Å². The van der Waals surface area contributed by atoms with E-state index in [0.717, 1.165) is 10.4 Å². The van der Waals surface area contributed by atoms with Crippen LogP contribution in [0.5, 0.6) is 0 Å². The van der Waals surface area contributed by atoms with Crippen LogP contribution in [0.4, 0.5) is 8.78 Å². The highest BCUT2D eigenvalue weighted by Gasteiger charge is 2.17. The predicted molar refractivity (Wildman–Crippen MR) is 79.8 cm³/mol. The predicted octanol–water partition coefficient (Wildman–Crippen LogP) is 2.60. The lowest BCUT2D eigenvalue weighted by atomic mass is 10.2. The molecule has 0 amide bonds. The Morgan fingerprint density at radius 1 is 0.913 bits per heavy atom. The molecule has 0 aliphatic rings. The van der Waals surface area contributed by atoms with Crippen LogP contribution in [0.1, 0.15) is 5.56 Å². The smallest absolute Gasteiger partial charge is 0.214 e. The Morgan fingerprint density at radius 2 is 1.48 bits per heavy atom. The molecule has 0 bridgehead atoms. The Balaban J connectivity index is 1.86. The van der Waals surface area contributed by atoms with Gasteiger partial charge in [-0.2, -0.15) is 0 Å². The summed E-state index contributed by atoms with van der Waals surface area (Å²) in [6.45, 7) is 0. The van der Waals surface area contributed by atoms with Crippen molar-refractivity contribution in [3.63, 3.8) is 0 Å². The number of halogens is 2. The quantitative estimate of drug-likeness (QED) is 0.735. The molecular formula is C15H11F2N3O2S. The van der Waals surface area contributed by atoms with Gasteiger partial charge < -0.3 is 0 Å². The lowest BCUT2D eigenvalue weighted by molar-refractivity contribution is 0.579. The van der Waals surface area contributed by atoms with Crippen LogP contribution < -0.4 is 0 Å². The lowest BCUT2D eigenvalue weighted by Gasteiger charge is -2.03. The molecular weight excluding hydrogens is 324 g/mol. The molecule has 0 aliphatic carbocycles. The van der Waals surface area contributed by atoms with E-state index in [1.165, 1.54) is 48.5 Å². The van der Waals surface area contributed by atoms with Crippen molar-refractivity contribution in [2.45, 2.75) is 5.75 Å². The fraction of sp³-hybridized carbons (Fsp3) is 0.0667. The molecule has 8 heteroatoms. The zero-order valence-corrected chi connectivity index (χ0v) is 12.5. The van der Waals surface area contributed by atoms with E-state index < -0.39 is 21.7 Å². The zero-order valence-electron chi connectivity index (χ0n) is 11.7.